The average molecular weight is 234 g/mol. The van der Waals surface area contributed by atoms with Crippen LogP contribution in [-0.4, -0.2) is 24.2 Å². The molecule has 0 bridgehead atoms. The van der Waals surface area contributed by atoms with E-state index >= 15 is 0 Å². The molecule has 14 heavy (non-hydrogen) atoms. The van der Waals surface area contributed by atoms with Crippen molar-refractivity contribution in [3.8, 4) is 0 Å². The van der Waals surface area contributed by atoms with Gasteiger partial charge in [0.05, 0.1) is 6.61 Å². The molecule has 1 amide bonds. The monoisotopic (exact) mass is 233 g/mol. The number of carbonyl (C=O) groups is 1. The van der Waals surface area contributed by atoms with Crippen LogP contribution in [0.4, 0.5) is 0 Å². The van der Waals surface area contributed by atoms with Gasteiger partial charge in [-0.05, 0) is 18.2 Å². The number of rotatable bonds is 3. The molecule has 1 aromatic carbocycles. The SMILES string of the molecule is O=C(NCCO)c1cc(Cl)cc(Cl)c1. The van der Waals surface area contributed by atoms with E-state index in [1.807, 2.05) is 0 Å². The first-order valence-corrected chi connectivity index (χ1v) is 4.74. The Morgan fingerprint density at radius 3 is 2.36 bits per heavy atom. The molecule has 0 aliphatic rings. The Hall–Kier alpha value is -0.770. The molecule has 0 radical (unpaired) electrons. The smallest absolute Gasteiger partial charge is 0.251 e. The largest absolute Gasteiger partial charge is 0.395 e. The predicted octanol–water partition coefficient (Wildman–Crippen LogP) is 1.72. The zero-order valence-electron chi connectivity index (χ0n) is 7.26. The highest BCUT2D eigenvalue weighted by Crippen LogP contribution is 2.18. The topological polar surface area (TPSA) is 49.3 Å². The molecule has 3 nitrogen and oxygen atoms in total. The lowest BCUT2D eigenvalue weighted by atomic mass is 10.2. The van der Waals surface area contributed by atoms with Crippen molar-refractivity contribution in [1.82, 2.24) is 5.32 Å². The summed E-state index contributed by atoms with van der Waals surface area (Å²) < 4.78 is 0. The highest BCUT2D eigenvalue weighted by Gasteiger charge is 2.06. The summed E-state index contributed by atoms with van der Waals surface area (Å²) in [6.07, 6.45) is 0. The van der Waals surface area contributed by atoms with Crippen molar-refractivity contribution in [1.29, 1.82) is 0 Å². The van der Waals surface area contributed by atoms with Crippen molar-refractivity contribution in [2.24, 2.45) is 0 Å². The minimum absolute atomic E-state index is 0.0972. The Labute approximate surface area is 91.6 Å². The van der Waals surface area contributed by atoms with Crippen LogP contribution in [0.3, 0.4) is 0 Å². The molecular weight excluding hydrogens is 225 g/mol. The van der Waals surface area contributed by atoms with E-state index in [-0.39, 0.29) is 19.1 Å². The minimum atomic E-state index is -0.302. The van der Waals surface area contributed by atoms with Crippen LogP contribution in [-0.2, 0) is 0 Å². The summed E-state index contributed by atoms with van der Waals surface area (Å²) in [5.41, 5.74) is 0.385. The van der Waals surface area contributed by atoms with Gasteiger partial charge in [-0.25, -0.2) is 0 Å². The molecule has 1 rings (SSSR count). The third kappa shape index (κ3) is 3.18. The molecule has 0 saturated heterocycles. The molecule has 5 heteroatoms. The van der Waals surface area contributed by atoms with Crippen molar-refractivity contribution < 1.29 is 9.90 Å². The first kappa shape index (κ1) is 11.3. The lowest BCUT2D eigenvalue weighted by Gasteiger charge is -2.03. The number of aliphatic hydroxyl groups is 1. The van der Waals surface area contributed by atoms with Gasteiger partial charge in [-0.15, -0.1) is 0 Å². The van der Waals surface area contributed by atoms with Gasteiger partial charge in [-0.1, -0.05) is 23.2 Å². The fourth-order valence-corrected chi connectivity index (χ4v) is 1.48. The van der Waals surface area contributed by atoms with Crippen LogP contribution < -0.4 is 5.32 Å². The lowest BCUT2D eigenvalue weighted by Crippen LogP contribution is -2.26. The molecule has 76 valence electrons. The lowest BCUT2D eigenvalue weighted by molar-refractivity contribution is 0.0945. The van der Waals surface area contributed by atoms with E-state index in [1.54, 1.807) is 6.07 Å². The Balaban J connectivity index is 2.79. The van der Waals surface area contributed by atoms with Crippen molar-refractivity contribution in [3.05, 3.63) is 33.8 Å². The van der Waals surface area contributed by atoms with Gasteiger partial charge in [-0.3, -0.25) is 4.79 Å². The van der Waals surface area contributed by atoms with Gasteiger partial charge in [0.25, 0.3) is 5.91 Å². The van der Waals surface area contributed by atoms with Crippen LogP contribution in [0.25, 0.3) is 0 Å². The molecule has 0 aliphatic carbocycles. The number of benzene rings is 1. The summed E-state index contributed by atoms with van der Waals surface area (Å²) >= 11 is 11.4. The molecule has 0 spiro atoms. The summed E-state index contributed by atoms with van der Waals surface area (Å²) in [5.74, 6) is -0.302. The summed E-state index contributed by atoms with van der Waals surface area (Å²) in [5, 5.41) is 11.8. The number of carbonyl (C=O) groups excluding carboxylic acids is 1. The van der Waals surface area contributed by atoms with E-state index in [9.17, 15) is 4.79 Å². The van der Waals surface area contributed by atoms with E-state index in [0.717, 1.165) is 0 Å². The van der Waals surface area contributed by atoms with Crippen LogP contribution in [0.15, 0.2) is 18.2 Å². The molecule has 0 heterocycles. The van der Waals surface area contributed by atoms with Crippen molar-refractivity contribution in [2.45, 2.75) is 0 Å². The molecule has 0 aromatic heterocycles. The minimum Gasteiger partial charge on any atom is -0.395 e. The van der Waals surface area contributed by atoms with Crippen molar-refractivity contribution in [2.75, 3.05) is 13.2 Å². The van der Waals surface area contributed by atoms with Crippen LogP contribution >= 0.6 is 23.2 Å². The van der Waals surface area contributed by atoms with Crippen LogP contribution in [0, 0.1) is 0 Å². The standard InChI is InChI=1S/C9H9Cl2NO2/c10-7-3-6(4-8(11)5-7)9(14)12-1-2-13/h3-5,13H,1-2H2,(H,12,14). The van der Waals surface area contributed by atoms with Gasteiger partial charge in [0, 0.05) is 22.2 Å². The van der Waals surface area contributed by atoms with E-state index in [2.05, 4.69) is 5.32 Å². The van der Waals surface area contributed by atoms with Crippen molar-refractivity contribution >= 4 is 29.1 Å². The maximum Gasteiger partial charge on any atom is 0.251 e. The van der Waals surface area contributed by atoms with Crippen molar-refractivity contribution in [3.63, 3.8) is 0 Å². The summed E-state index contributed by atoms with van der Waals surface area (Å²) in [6.45, 7) is 0.114. The maximum atomic E-state index is 11.4. The summed E-state index contributed by atoms with van der Waals surface area (Å²) in [7, 11) is 0. The van der Waals surface area contributed by atoms with Gasteiger partial charge in [0.2, 0.25) is 0 Å². The number of hydrogen-bond donors (Lipinski definition) is 2. The van der Waals surface area contributed by atoms with Gasteiger partial charge in [0.15, 0.2) is 0 Å². The molecule has 0 aliphatic heterocycles. The number of aliphatic hydroxyl groups excluding tert-OH is 1. The zero-order chi connectivity index (χ0) is 10.6. The fourth-order valence-electron chi connectivity index (χ4n) is 0.956. The van der Waals surface area contributed by atoms with E-state index < -0.39 is 0 Å². The molecule has 0 fully saturated rings. The highest BCUT2D eigenvalue weighted by atomic mass is 35.5. The van der Waals surface area contributed by atoms with Gasteiger partial charge < -0.3 is 10.4 Å². The Morgan fingerprint density at radius 1 is 1.29 bits per heavy atom. The normalized spacial score (nSPS) is 9.93. The summed E-state index contributed by atoms with van der Waals surface area (Å²) in [4.78, 5) is 11.4. The number of halogens is 2. The average Bonchev–Trinajstić information content (AvgIpc) is 2.12. The first-order chi connectivity index (χ1) is 6.63. The summed E-state index contributed by atoms with van der Waals surface area (Å²) in [6, 6.07) is 4.58. The first-order valence-electron chi connectivity index (χ1n) is 3.98. The van der Waals surface area contributed by atoms with Gasteiger partial charge in [-0.2, -0.15) is 0 Å². The molecule has 0 unspecified atom stereocenters. The number of hydrogen-bond acceptors (Lipinski definition) is 2. The second-order valence-corrected chi connectivity index (χ2v) is 3.51. The number of amides is 1. The van der Waals surface area contributed by atoms with E-state index in [1.165, 1.54) is 12.1 Å². The van der Waals surface area contributed by atoms with Gasteiger partial charge >= 0.3 is 0 Å². The van der Waals surface area contributed by atoms with Crippen LogP contribution in [0.1, 0.15) is 10.4 Å². The fraction of sp³-hybridized carbons (Fsp3) is 0.222. The molecule has 0 saturated carbocycles. The van der Waals surface area contributed by atoms with Crippen LogP contribution in [0.5, 0.6) is 0 Å². The molecule has 1 aromatic rings. The third-order valence-corrected chi connectivity index (χ3v) is 1.96. The second-order valence-electron chi connectivity index (χ2n) is 2.64. The number of nitrogens with one attached hydrogen (secondary N) is 1. The second kappa shape index (κ2) is 5.20. The molecule has 0 atom stereocenters. The zero-order valence-corrected chi connectivity index (χ0v) is 8.77. The Morgan fingerprint density at radius 2 is 1.86 bits per heavy atom. The maximum absolute atomic E-state index is 11.4. The van der Waals surface area contributed by atoms with Crippen LogP contribution in [0.2, 0.25) is 10.0 Å². The third-order valence-electron chi connectivity index (χ3n) is 1.52. The quantitative estimate of drug-likeness (QED) is 0.836. The van der Waals surface area contributed by atoms with E-state index in [0.29, 0.717) is 15.6 Å². The Bertz CT molecular complexity index is 321. The Kier molecular flexibility index (Phi) is 4.20. The highest BCUT2D eigenvalue weighted by molar-refractivity contribution is 6.35. The van der Waals surface area contributed by atoms with Gasteiger partial charge in [0.1, 0.15) is 0 Å². The molecular formula is C9H9Cl2NO2. The predicted molar refractivity (Wildman–Crippen MR) is 55.9 cm³/mol. The van der Waals surface area contributed by atoms with E-state index in [4.69, 9.17) is 28.3 Å². The molecule has 2 N–H and O–H groups in total.